The van der Waals surface area contributed by atoms with Crippen LogP contribution in [0, 0.1) is 5.41 Å². The van der Waals surface area contributed by atoms with Crippen LogP contribution in [0.2, 0.25) is 0 Å². The standard InChI is InChI=1S/C22H28N4O3/c27-19-6-5-18(20(28)25-19)26-12-17-14(3-1-4-16(17)21(26)29)11-24-15-9-22(10-15)7-2-8-23-13-22/h1,3-4,15,18,23-24H,2,5-13H2,(H,25,27,28). The molecule has 3 N–H and O–H groups in total. The first kappa shape index (κ1) is 18.8. The quantitative estimate of drug-likeness (QED) is 0.663. The number of fused-ring (bicyclic) bond motifs is 1. The van der Waals surface area contributed by atoms with E-state index in [0.29, 0.717) is 30.0 Å². The van der Waals surface area contributed by atoms with Gasteiger partial charge in [0.25, 0.3) is 5.91 Å². The van der Waals surface area contributed by atoms with Crippen LogP contribution in [0.25, 0.3) is 0 Å². The van der Waals surface area contributed by atoms with Crippen molar-refractivity contribution >= 4 is 17.7 Å². The summed E-state index contributed by atoms with van der Waals surface area (Å²) in [5.74, 6) is -0.720. The number of imide groups is 1. The zero-order valence-corrected chi connectivity index (χ0v) is 16.6. The molecule has 1 unspecified atom stereocenters. The third-order valence-electron chi connectivity index (χ3n) is 7.18. The van der Waals surface area contributed by atoms with Gasteiger partial charge in [0.15, 0.2) is 0 Å². The number of carbonyl (C=O) groups is 3. The summed E-state index contributed by atoms with van der Waals surface area (Å²) in [6, 6.07) is 5.82. The predicted molar refractivity (Wildman–Crippen MR) is 107 cm³/mol. The first-order chi connectivity index (χ1) is 14.0. The second kappa shape index (κ2) is 7.22. The van der Waals surface area contributed by atoms with Crippen molar-refractivity contribution in [1.29, 1.82) is 0 Å². The van der Waals surface area contributed by atoms with Gasteiger partial charge in [-0.2, -0.15) is 0 Å². The van der Waals surface area contributed by atoms with Crippen LogP contribution in [0.3, 0.4) is 0 Å². The lowest BCUT2D eigenvalue weighted by Crippen LogP contribution is -2.55. The average molecular weight is 396 g/mol. The summed E-state index contributed by atoms with van der Waals surface area (Å²) >= 11 is 0. The van der Waals surface area contributed by atoms with Crippen molar-refractivity contribution in [3.63, 3.8) is 0 Å². The summed E-state index contributed by atoms with van der Waals surface area (Å²) in [5.41, 5.74) is 3.33. The fourth-order valence-corrected chi connectivity index (χ4v) is 5.58. The summed E-state index contributed by atoms with van der Waals surface area (Å²) in [7, 11) is 0. The van der Waals surface area contributed by atoms with Gasteiger partial charge in [0, 0.05) is 37.7 Å². The summed E-state index contributed by atoms with van der Waals surface area (Å²) in [6.45, 7) is 3.47. The largest absolute Gasteiger partial charge is 0.322 e. The maximum absolute atomic E-state index is 12.9. The zero-order chi connectivity index (χ0) is 20.0. The maximum Gasteiger partial charge on any atom is 0.255 e. The predicted octanol–water partition coefficient (Wildman–Crippen LogP) is 1.07. The van der Waals surface area contributed by atoms with Gasteiger partial charge in [-0.3, -0.25) is 19.7 Å². The number of benzene rings is 1. The smallest absolute Gasteiger partial charge is 0.255 e. The highest BCUT2D eigenvalue weighted by Crippen LogP contribution is 2.46. The minimum Gasteiger partial charge on any atom is -0.322 e. The molecule has 1 spiro atoms. The summed E-state index contributed by atoms with van der Waals surface area (Å²) in [5, 5.41) is 9.57. The van der Waals surface area contributed by atoms with Gasteiger partial charge in [0.2, 0.25) is 11.8 Å². The molecule has 5 rings (SSSR count). The Labute approximate surface area is 170 Å². The number of rotatable bonds is 4. The molecule has 154 valence electrons. The van der Waals surface area contributed by atoms with Crippen molar-refractivity contribution in [2.75, 3.05) is 13.1 Å². The molecule has 1 aromatic rings. The van der Waals surface area contributed by atoms with E-state index in [1.807, 2.05) is 12.1 Å². The lowest BCUT2D eigenvalue weighted by atomic mass is 9.62. The first-order valence-corrected chi connectivity index (χ1v) is 10.7. The van der Waals surface area contributed by atoms with Crippen molar-refractivity contribution in [3.8, 4) is 0 Å². The minimum atomic E-state index is -0.557. The molecule has 7 heteroatoms. The number of hydrogen-bond donors (Lipinski definition) is 3. The lowest BCUT2D eigenvalue weighted by molar-refractivity contribution is -0.136. The lowest BCUT2D eigenvalue weighted by Gasteiger charge is -2.50. The van der Waals surface area contributed by atoms with E-state index in [9.17, 15) is 14.4 Å². The second-order valence-corrected chi connectivity index (χ2v) is 9.11. The van der Waals surface area contributed by atoms with Crippen molar-refractivity contribution in [2.24, 2.45) is 5.41 Å². The van der Waals surface area contributed by atoms with Gasteiger partial charge in [-0.1, -0.05) is 12.1 Å². The van der Waals surface area contributed by atoms with Gasteiger partial charge in [-0.15, -0.1) is 0 Å². The van der Waals surface area contributed by atoms with Gasteiger partial charge in [-0.05, 0) is 61.3 Å². The van der Waals surface area contributed by atoms with E-state index in [1.54, 1.807) is 4.90 Å². The summed E-state index contributed by atoms with van der Waals surface area (Å²) in [6.07, 6.45) is 5.72. The molecule has 0 radical (unpaired) electrons. The fraction of sp³-hybridized carbons (Fsp3) is 0.591. The Morgan fingerprint density at radius 2 is 2.07 bits per heavy atom. The number of carbonyl (C=O) groups excluding carboxylic acids is 3. The molecule has 1 aromatic carbocycles. The normalized spacial score (nSPS) is 31.6. The van der Waals surface area contributed by atoms with Gasteiger partial charge in [0.1, 0.15) is 6.04 Å². The van der Waals surface area contributed by atoms with E-state index in [0.717, 1.165) is 30.8 Å². The average Bonchev–Trinajstić information content (AvgIpc) is 3.03. The third-order valence-corrected chi connectivity index (χ3v) is 7.18. The van der Waals surface area contributed by atoms with Gasteiger partial charge < -0.3 is 15.5 Å². The topological polar surface area (TPSA) is 90.5 Å². The first-order valence-electron chi connectivity index (χ1n) is 10.7. The highest BCUT2D eigenvalue weighted by Gasteiger charge is 2.44. The Morgan fingerprint density at radius 1 is 1.21 bits per heavy atom. The molecule has 1 atom stereocenters. The molecule has 2 saturated heterocycles. The van der Waals surface area contributed by atoms with Gasteiger partial charge >= 0.3 is 0 Å². The van der Waals surface area contributed by atoms with E-state index < -0.39 is 6.04 Å². The Kier molecular flexibility index (Phi) is 4.67. The number of nitrogens with one attached hydrogen (secondary N) is 3. The Morgan fingerprint density at radius 3 is 2.83 bits per heavy atom. The zero-order valence-electron chi connectivity index (χ0n) is 16.6. The highest BCUT2D eigenvalue weighted by atomic mass is 16.2. The molecule has 3 fully saturated rings. The molecule has 1 aliphatic carbocycles. The third kappa shape index (κ3) is 3.36. The maximum atomic E-state index is 12.9. The molecule has 0 bridgehead atoms. The monoisotopic (exact) mass is 396 g/mol. The van der Waals surface area contributed by atoms with E-state index in [4.69, 9.17) is 0 Å². The van der Waals surface area contributed by atoms with Crippen molar-refractivity contribution in [3.05, 3.63) is 34.9 Å². The van der Waals surface area contributed by atoms with Crippen molar-refractivity contribution in [1.82, 2.24) is 20.9 Å². The molecular weight excluding hydrogens is 368 g/mol. The number of amides is 3. The minimum absolute atomic E-state index is 0.104. The van der Waals surface area contributed by atoms with Crippen LogP contribution in [0.1, 0.15) is 60.0 Å². The van der Waals surface area contributed by atoms with E-state index in [2.05, 4.69) is 22.0 Å². The molecule has 3 amide bonds. The van der Waals surface area contributed by atoms with Crippen LogP contribution in [0.15, 0.2) is 18.2 Å². The molecule has 0 aromatic heterocycles. The Balaban J connectivity index is 1.24. The van der Waals surface area contributed by atoms with Crippen LogP contribution in [-0.4, -0.2) is 47.8 Å². The second-order valence-electron chi connectivity index (χ2n) is 9.11. The SMILES string of the molecule is O=C1CCC(N2Cc3c(CNC4CC5(CCCNC5)C4)cccc3C2=O)C(=O)N1. The van der Waals surface area contributed by atoms with Crippen LogP contribution >= 0.6 is 0 Å². The van der Waals surface area contributed by atoms with Crippen molar-refractivity contribution < 1.29 is 14.4 Å². The van der Waals surface area contributed by atoms with E-state index in [-0.39, 0.29) is 24.1 Å². The number of hydrogen-bond acceptors (Lipinski definition) is 5. The molecule has 4 aliphatic rings. The van der Waals surface area contributed by atoms with Crippen LogP contribution in [-0.2, 0) is 22.7 Å². The highest BCUT2D eigenvalue weighted by molar-refractivity contribution is 6.05. The van der Waals surface area contributed by atoms with E-state index in [1.165, 1.54) is 25.7 Å². The van der Waals surface area contributed by atoms with Gasteiger partial charge in [-0.25, -0.2) is 0 Å². The number of piperidine rings is 2. The molecule has 7 nitrogen and oxygen atoms in total. The Bertz CT molecular complexity index is 854. The molecule has 3 heterocycles. The summed E-state index contributed by atoms with van der Waals surface area (Å²) in [4.78, 5) is 38.2. The van der Waals surface area contributed by atoms with Crippen LogP contribution in [0.5, 0.6) is 0 Å². The van der Waals surface area contributed by atoms with Gasteiger partial charge in [0.05, 0.1) is 0 Å². The molecule has 3 aliphatic heterocycles. The van der Waals surface area contributed by atoms with Crippen molar-refractivity contribution in [2.45, 2.75) is 63.7 Å². The fourth-order valence-electron chi connectivity index (χ4n) is 5.58. The number of nitrogens with zero attached hydrogens (tertiary/aromatic N) is 1. The van der Waals surface area contributed by atoms with Crippen LogP contribution in [0.4, 0.5) is 0 Å². The molecular formula is C22H28N4O3. The summed E-state index contributed by atoms with van der Waals surface area (Å²) < 4.78 is 0. The molecule has 29 heavy (non-hydrogen) atoms. The van der Waals surface area contributed by atoms with Crippen LogP contribution < -0.4 is 16.0 Å². The Hall–Kier alpha value is -2.25. The molecule has 1 saturated carbocycles. The van der Waals surface area contributed by atoms with E-state index >= 15 is 0 Å².